The molecule has 3 rings (SSSR count). The van der Waals surface area contributed by atoms with Crippen LogP contribution in [0.3, 0.4) is 0 Å². The Morgan fingerprint density at radius 2 is 1.59 bits per heavy atom. The predicted octanol–water partition coefficient (Wildman–Crippen LogP) is 4.58. The monoisotopic (exact) mass is 394 g/mol. The maximum Gasteiger partial charge on any atom is 0.291 e. The van der Waals surface area contributed by atoms with Crippen LogP contribution in [0.4, 0.5) is 11.4 Å². The average molecular weight is 394 g/mol. The molecule has 1 heterocycles. The van der Waals surface area contributed by atoms with Crippen molar-refractivity contribution in [2.24, 2.45) is 0 Å². The van der Waals surface area contributed by atoms with Gasteiger partial charge in [0.05, 0.1) is 25.0 Å². The number of anilines is 2. The summed E-state index contributed by atoms with van der Waals surface area (Å²) < 4.78 is 16.1. The van der Waals surface area contributed by atoms with Gasteiger partial charge in [-0.1, -0.05) is 6.07 Å². The number of ether oxygens (including phenoxy) is 2. The minimum Gasteiger partial charge on any atom is -0.494 e. The summed E-state index contributed by atoms with van der Waals surface area (Å²) in [5.74, 6) is 0.582. The molecule has 0 unspecified atom stereocenters. The van der Waals surface area contributed by atoms with E-state index in [4.69, 9.17) is 13.9 Å². The summed E-state index contributed by atoms with van der Waals surface area (Å²) in [4.78, 5) is 24.9. The minimum absolute atomic E-state index is 0.204. The van der Waals surface area contributed by atoms with E-state index in [1.165, 1.54) is 6.26 Å². The van der Waals surface area contributed by atoms with E-state index in [2.05, 4.69) is 10.6 Å². The summed E-state index contributed by atoms with van der Waals surface area (Å²) in [5, 5.41) is 5.55. The summed E-state index contributed by atoms with van der Waals surface area (Å²) in [5.41, 5.74) is 1.45. The van der Waals surface area contributed by atoms with Gasteiger partial charge in [-0.05, 0) is 56.3 Å². The van der Waals surface area contributed by atoms with Crippen molar-refractivity contribution in [3.05, 3.63) is 72.2 Å². The predicted molar refractivity (Wildman–Crippen MR) is 110 cm³/mol. The normalized spacial score (nSPS) is 10.3. The average Bonchev–Trinajstić information content (AvgIpc) is 3.24. The maximum atomic E-state index is 12.8. The molecule has 29 heavy (non-hydrogen) atoms. The second-order valence-corrected chi connectivity index (χ2v) is 5.99. The van der Waals surface area contributed by atoms with Crippen LogP contribution in [0.1, 0.15) is 34.8 Å². The van der Waals surface area contributed by atoms with Crippen molar-refractivity contribution in [1.29, 1.82) is 0 Å². The lowest BCUT2D eigenvalue weighted by Gasteiger charge is -2.13. The second kappa shape index (κ2) is 9.45. The smallest absolute Gasteiger partial charge is 0.291 e. The highest BCUT2D eigenvalue weighted by Gasteiger charge is 2.15. The fourth-order valence-corrected chi connectivity index (χ4v) is 2.70. The number of amides is 2. The minimum atomic E-state index is -0.372. The molecule has 0 saturated carbocycles. The number of carbonyl (C=O) groups is 2. The van der Waals surface area contributed by atoms with Crippen molar-refractivity contribution in [1.82, 2.24) is 0 Å². The Bertz CT molecular complexity index is 983. The SMILES string of the molecule is CCOc1ccc(C(=O)Nc2cccc(NC(=O)c3ccco3)c2)c(OCC)c1. The van der Waals surface area contributed by atoms with E-state index in [0.717, 1.165) is 0 Å². The van der Waals surface area contributed by atoms with E-state index in [0.29, 0.717) is 41.7 Å². The fraction of sp³-hybridized carbons (Fsp3) is 0.182. The Hall–Kier alpha value is -3.74. The molecule has 0 fully saturated rings. The standard InChI is InChI=1S/C22H22N2O5/c1-3-27-17-10-11-18(20(14-17)28-4-2)21(25)23-15-7-5-8-16(13-15)24-22(26)19-9-6-12-29-19/h5-14H,3-4H2,1-2H3,(H,23,25)(H,24,26). The molecule has 0 spiro atoms. The number of furan rings is 1. The second-order valence-electron chi connectivity index (χ2n) is 5.99. The van der Waals surface area contributed by atoms with E-state index in [1.54, 1.807) is 54.6 Å². The third-order valence-corrected chi connectivity index (χ3v) is 3.93. The zero-order chi connectivity index (χ0) is 20.6. The molecule has 2 aromatic carbocycles. The highest BCUT2D eigenvalue weighted by molar-refractivity contribution is 6.07. The third kappa shape index (κ3) is 5.16. The van der Waals surface area contributed by atoms with Crippen molar-refractivity contribution < 1.29 is 23.5 Å². The Morgan fingerprint density at radius 3 is 2.24 bits per heavy atom. The van der Waals surface area contributed by atoms with Gasteiger partial charge in [0, 0.05) is 17.4 Å². The molecule has 0 bridgehead atoms. The van der Waals surface area contributed by atoms with Crippen LogP contribution >= 0.6 is 0 Å². The van der Waals surface area contributed by atoms with Crippen LogP contribution in [0.25, 0.3) is 0 Å². The van der Waals surface area contributed by atoms with Crippen LogP contribution in [0.2, 0.25) is 0 Å². The van der Waals surface area contributed by atoms with Crippen molar-refractivity contribution in [2.45, 2.75) is 13.8 Å². The van der Waals surface area contributed by atoms with E-state index < -0.39 is 0 Å². The molecule has 0 radical (unpaired) electrons. The van der Waals surface area contributed by atoms with Gasteiger partial charge in [0.15, 0.2) is 5.76 Å². The Morgan fingerprint density at radius 1 is 0.862 bits per heavy atom. The number of rotatable bonds is 8. The number of hydrogen-bond donors (Lipinski definition) is 2. The lowest BCUT2D eigenvalue weighted by Crippen LogP contribution is -2.15. The van der Waals surface area contributed by atoms with E-state index in [1.807, 2.05) is 13.8 Å². The molecule has 1 aromatic heterocycles. The summed E-state index contributed by atoms with van der Waals surface area (Å²) in [6.45, 7) is 4.68. The molecule has 0 aliphatic heterocycles. The van der Waals surface area contributed by atoms with Gasteiger partial charge in [0.1, 0.15) is 11.5 Å². The zero-order valence-corrected chi connectivity index (χ0v) is 16.2. The fourth-order valence-electron chi connectivity index (χ4n) is 2.70. The molecule has 0 saturated heterocycles. The van der Waals surface area contributed by atoms with E-state index in [9.17, 15) is 9.59 Å². The highest BCUT2D eigenvalue weighted by Crippen LogP contribution is 2.26. The van der Waals surface area contributed by atoms with Gasteiger partial charge in [-0.25, -0.2) is 0 Å². The molecular formula is C22H22N2O5. The molecule has 0 aliphatic carbocycles. The van der Waals surface area contributed by atoms with Crippen molar-refractivity contribution in [3.63, 3.8) is 0 Å². The van der Waals surface area contributed by atoms with Crippen molar-refractivity contribution >= 4 is 23.2 Å². The number of nitrogens with one attached hydrogen (secondary N) is 2. The van der Waals surface area contributed by atoms with Crippen LogP contribution in [0.15, 0.2) is 65.3 Å². The molecule has 3 aromatic rings. The maximum absolute atomic E-state index is 12.8. The largest absolute Gasteiger partial charge is 0.494 e. The van der Waals surface area contributed by atoms with E-state index >= 15 is 0 Å². The van der Waals surface area contributed by atoms with Gasteiger partial charge in [0.25, 0.3) is 11.8 Å². The first-order valence-electron chi connectivity index (χ1n) is 9.26. The quantitative estimate of drug-likeness (QED) is 0.584. The van der Waals surface area contributed by atoms with Gasteiger partial charge in [0.2, 0.25) is 0 Å². The van der Waals surface area contributed by atoms with Crippen LogP contribution in [0.5, 0.6) is 11.5 Å². The van der Waals surface area contributed by atoms with E-state index in [-0.39, 0.29) is 17.6 Å². The lowest BCUT2D eigenvalue weighted by molar-refractivity contribution is 0.0994. The van der Waals surface area contributed by atoms with Crippen LogP contribution < -0.4 is 20.1 Å². The summed E-state index contributed by atoms with van der Waals surface area (Å²) in [7, 11) is 0. The first-order chi connectivity index (χ1) is 14.1. The van der Waals surface area contributed by atoms with Crippen molar-refractivity contribution in [3.8, 4) is 11.5 Å². The Kier molecular flexibility index (Phi) is 6.52. The zero-order valence-electron chi connectivity index (χ0n) is 16.2. The van der Waals surface area contributed by atoms with Crippen LogP contribution in [-0.4, -0.2) is 25.0 Å². The number of carbonyl (C=O) groups excluding carboxylic acids is 2. The van der Waals surface area contributed by atoms with Gasteiger partial charge in [-0.3, -0.25) is 9.59 Å². The van der Waals surface area contributed by atoms with Gasteiger partial charge in [-0.2, -0.15) is 0 Å². The molecule has 7 heteroatoms. The van der Waals surface area contributed by atoms with Crippen LogP contribution in [-0.2, 0) is 0 Å². The number of hydrogen-bond acceptors (Lipinski definition) is 5. The molecule has 7 nitrogen and oxygen atoms in total. The molecule has 150 valence electrons. The molecule has 0 aliphatic rings. The summed E-state index contributed by atoms with van der Waals surface area (Å²) in [6, 6.07) is 15.1. The topological polar surface area (TPSA) is 89.8 Å². The third-order valence-electron chi connectivity index (χ3n) is 3.93. The first kappa shape index (κ1) is 20.0. The summed E-state index contributed by atoms with van der Waals surface area (Å²) in [6.07, 6.45) is 1.43. The molecule has 2 N–H and O–H groups in total. The first-order valence-corrected chi connectivity index (χ1v) is 9.26. The highest BCUT2D eigenvalue weighted by atomic mass is 16.5. The molecule has 2 amide bonds. The number of benzene rings is 2. The Labute approximate surface area is 168 Å². The Balaban J connectivity index is 1.74. The van der Waals surface area contributed by atoms with Gasteiger partial charge in [-0.15, -0.1) is 0 Å². The lowest BCUT2D eigenvalue weighted by atomic mass is 10.1. The van der Waals surface area contributed by atoms with Crippen molar-refractivity contribution in [2.75, 3.05) is 23.8 Å². The van der Waals surface area contributed by atoms with Crippen LogP contribution in [0, 0.1) is 0 Å². The molecular weight excluding hydrogens is 372 g/mol. The summed E-state index contributed by atoms with van der Waals surface area (Å²) >= 11 is 0. The molecule has 0 atom stereocenters. The van der Waals surface area contributed by atoms with Gasteiger partial charge >= 0.3 is 0 Å². The van der Waals surface area contributed by atoms with Gasteiger partial charge < -0.3 is 24.5 Å².